The van der Waals surface area contributed by atoms with E-state index < -0.39 is 5.92 Å². The van der Waals surface area contributed by atoms with Crippen molar-refractivity contribution in [1.82, 2.24) is 4.98 Å². The molecule has 0 spiro atoms. The lowest BCUT2D eigenvalue weighted by molar-refractivity contribution is -0.0360. The summed E-state index contributed by atoms with van der Waals surface area (Å²) in [5.74, 6) is -2.47. The fraction of sp³-hybridized carbons (Fsp3) is 0.545. The zero-order valence-corrected chi connectivity index (χ0v) is 10.3. The van der Waals surface area contributed by atoms with Crippen LogP contribution in [0.1, 0.15) is 25.7 Å². The van der Waals surface area contributed by atoms with Crippen molar-refractivity contribution in [3.63, 3.8) is 0 Å². The van der Waals surface area contributed by atoms with Gasteiger partial charge in [0.1, 0.15) is 4.60 Å². The number of halogens is 3. The average molecular weight is 291 g/mol. The van der Waals surface area contributed by atoms with E-state index in [0.717, 1.165) is 10.3 Å². The predicted octanol–water partition coefficient (Wildman–Crippen LogP) is 3.83. The third kappa shape index (κ3) is 2.90. The van der Waals surface area contributed by atoms with E-state index >= 15 is 0 Å². The number of aromatic nitrogens is 1. The molecular formula is C11H13BrF2N2. The summed E-state index contributed by atoms with van der Waals surface area (Å²) in [5, 5.41) is 3.24. The molecule has 0 saturated heterocycles. The third-order valence-electron chi connectivity index (χ3n) is 2.84. The van der Waals surface area contributed by atoms with Gasteiger partial charge in [-0.25, -0.2) is 13.8 Å². The number of nitrogens with one attached hydrogen (secondary N) is 1. The Morgan fingerprint density at radius 3 is 2.69 bits per heavy atom. The Kier molecular flexibility index (Phi) is 3.42. The quantitative estimate of drug-likeness (QED) is 0.838. The molecule has 0 aliphatic heterocycles. The van der Waals surface area contributed by atoms with Crippen molar-refractivity contribution in [2.45, 2.75) is 37.6 Å². The van der Waals surface area contributed by atoms with Crippen LogP contribution in [0, 0.1) is 0 Å². The molecule has 0 radical (unpaired) electrons. The minimum atomic E-state index is -2.47. The molecule has 1 aromatic rings. The molecule has 16 heavy (non-hydrogen) atoms. The van der Waals surface area contributed by atoms with Crippen LogP contribution in [0.5, 0.6) is 0 Å². The molecule has 5 heteroatoms. The van der Waals surface area contributed by atoms with Gasteiger partial charge >= 0.3 is 0 Å². The highest BCUT2D eigenvalue weighted by Gasteiger charge is 2.34. The van der Waals surface area contributed by atoms with Gasteiger partial charge in [0.2, 0.25) is 5.92 Å². The minimum Gasteiger partial charge on any atom is -0.380 e. The van der Waals surface area contributed by atoms with Crippen molar-refractivity contribution in [2.24, 2.45) is 0 Å². The fourth-order valence-corrected chi connectivity index (χ4v) is 2.26. The molecular weight excluding hydrogens is 278 g/mol. The summed E-state index contributed by atoms with van der Waals surface area (Å²) in [6, 6.07) is 3.84. The van der Waals surface area contributed by atoms with E-state index in [1.807, 2.05) is 12.1 Å². The maximum absolute atomic E-state index is 12.9. The molecule has 2 rings (SSSR count). The van der Waals surface area contributed by atoms with Crippen LogP contribution in [0.15, 0.2) is 22.9 Å². The van der Waals surface area contributed by atoms with Gasteiger partial charge in [0, 0.05) is 25.1 Å². The second-order valence-corrected chi connectivity index (χ2v) is 4.87. The Morgan fingerprint density at radius 2 is 2.06 bits per heavy atom. The van der Waals surface area contributed by atoms with Crippen molar-refractivity contribution in [3.05, 3.63) is 22.9 Å². The van der Waals surface area contributed by atoms with Crippen LogP contribution in [0.4, 0.5) is 14.5 Å². The first-order valence-corrected chi connectivity index (χ1v) is 6.11. The molecule has 2 nitrogen and oxygen atoms in total. The van der Waals surface area contributed by atoms with Crippen molar-refractivity contribution in [2.75, 3.05) is 5.32 Å². The second-order valence-electron chi connectivity index (χ2n) is 4.12. The molecule has 0 aromatic carbocycles. The van der Waals surface area contributed by atoms with E-state index in [4.69, 9.17) is 0 Å². The summed E-state index contributed by atoms with van der Waals surface area (Å²) in [5.41, 5.74) is 0.873. The lowest BCUT2D eigenvalue weighted by atomic mass is 9.92. The summed E-state index contributed by atoms with van der Waals surface area (Å²) in [7, 11) is 0. The third-order valence-corrected chi connectivity index (χ3v) is 3.47. The number of anilines is 1. The zero-order valence-electron chi connectivity index (χ0n) is 8.72. The molecule has 1 aliphatic rings. The summed E-state index contributed by atoms with van der Waals surface area (Å²) in [6.07, 6.45) is 2.65. The van der Waals surface area contributed by atoms with Crippen LogP contribution in [-0.4, -0.2) is 16.9 Å². The van der Waals surface area contributed by atoms with Crippen molar-refractivity contribution in [1.29, 1.82) is 0 Å². The highest BCUT2D eigenvalue weighted by Crippen LogP contribution is 2.34. The van der Waals surface area contributed by atoms with Gasteiger partial charge < -0.3 is 5.32 Å². The van der Waals surface area contributed by atoms with E-state index in [1.54, 1.807) is 6.20 Å². The number of pyridine rings is 1. The zero-order chi connectivity index (χ0) is 11.6. The monoisotopic (exact) mass is 290 g/mol. The van der Waals surface area contributed by atoms with Gasteiger partial charge in [-0.2, -0.15) is 0 Å². The Labute approximate surface area is 102 Å². The molecule has 1 fully saturated rings. The van der Waals surface area contributed by atoms with Crippen molar-refractivity contribution < 1.29 is 8.78 Å². The summed E-state index contributed by atoms with van der Waals surface area (Å²) >= 11 is 3.32. The van der Waals surface area contributed by atoms with Gasteiger partial charge in [0.05, 0.1) is 5.69 Å². The van der Waals surface area contributed by atoms with Crippen LogP contribution in [0.25, 0.3) is 0 Å². The van der Waals surface area contributed by atoms with Crippen LogP contribution in [0.3, 0.4) is 0 Å². The SMILES string of the molecule is FC1(F)CCC(Nc2cccnc2Br)CC1. The molecule has 0 unspecified atom stereocenters. The first-order valence-electron chi connectivity index (χ1n) is 5.32. The first-order chi connectivity index (χ1) is 7.57. The molecule has 0 amide bonds. The Bertz CT molecular complexity index is 361. The summed E-state index contributed by atoms with van der Waals surface area (Å²) in [6.45, 7) is 0. The Hall–Kier alpha value is -0.710. The highest BCUT2D eigenvalue weighted by molar-refractivity contribution is 9.10. The topological polar surface area (TPSA) is 24.9 Å². The van der Waals surface area contributed by atoms with Gasteiger partial charge in [-0.3, -0.25) is 0 Å². The van der Waals surface area contributed by atoms with Crippen LogP contribution >= 0.6 is 15.9 Å². The normalized spacial score (nSPS) is 20.7. The maximum Gasteiger partial charge on any atom is 0.248 e. The minimum absolute atomic E-state index is 0.0253. The molecule has 1 heterocycles. The standard InChI is InChI=1S/C11H13BrF2N2/c12-10-9(2-1-7-15-10)16-8-3-5-11(13,14)6-4-8/h1-2,7-8,16H,3-6H2. The number of nitrogens with zero attached hydrogens (tertiary/aromatic N) is 1. The van der Waals surface area contributed by atoms with Gasteiger partial charge in [0.15, 0.2) is 0 Å². The fourth-order valence-electron chi connectivity index (χ4n) is 1.90. The van der Waals surface area contributed by atoms with Crippen LogP contribution in [0.2, 0.25) is 0 Å². The van der Waals surface area contributed by atoms with Crippen LogP contribution in [-0.2, 0) is 0 Å². The van der Waals surface area contributed by atoms with E-state index in [-0.39, 0.29) is 18.9 Å². The molecule has 1 aliphatic carbocycles. The molecule has 88 valence electrons. The number of hydrogen-bond acceptors (Lipinski definition) is 2. The van der Waals surface area contributed by atoms with Gasteiger partial charge in [-0.15, -0.1) is 0 Å². The lowest BCUT2D eigenvalue weighted by Gasteiger charge is -2.29. The average Bonchev–Trinajstić information content (AvgIpc) is 2.24. The molecule has 1 N–H and O–H groups in total. The Morgan fingerprint density at radius 1 is 1.38 bits per heavy atom. The molecule has 1 aromatic heterocycles. The number of rotatable bonds is 2. The summed E-state index contributed by atoms with van der Waals surface area (Å²) in [4.78, 5) is 4.08. The molecule has 0 atom stereocenters. The highest BCUT2D eigenvalue weighted by atomic mass is 79.9. The van der Waals surface area contributed by atoms with E-state index in [1.165, 1.54) is 0 Å². The lowest BCUT2D eigenvalue weighted by Crippen LogP contribution is -2.32. The van der Waals surface area contributed by atoms with Crippen molar-refractivity contribution in [3.8, 4) is 0 Å². The first kappa shape index (κ1) is 11.8. The van der Waals surface area contributed by atoms with Gasteiger partial charge in [-0.1, -0.05) is 0 Å². The van der Waals surface area contributed by atoms with Crippen LogP contribution < -0.4 is 5.32 Å². The van der Waals surface area contributed by atoms with E-state index in [2.05, 4.69) is 26.2 Å². The number of hydrogen-bond donors (Lipinski definition) is 1. The predicted molar refractivity (Wildman–Crippen MR) is 62.8 cm³/mol. The van der Waals surface area contributed by atoms with Gasteiger partial charge in [-0.05, 0) is 40.9 Å². The summed E-state index contributed by atoms with van der Waals surface area (Å²) < 4.78 is 26.6. The Balaban J connectivity index is 1.95. The van der Waals surface area contributed by atoms with E-state index in [9.17, 15) is 8.78 Å². The second kappa shape index (κ2) is 4.65. The van der Waals surface area contributed by atoms with Crippen molar-refractivity contribution >= 4 is 21.6 Å². The maximum atomic E-state index is 12.9. The number of alkyl halides is 2. The molecule has 1 saturated carbocycles. The largest absolute Gasteiger partial charge is 0.380 e. The van der Waals surface area contributed by atoms with Gasteiger partial charge in [0.25, 0.3) is 0 Å². The molecule has 0 bridgehead atoms. The smallest absolute Gasteiger partial charge is 0.248 e. The van der Waals surface area contributed by atoms with E-state index in [0.29, 0.717) is 12.8 Å².